The van der Waals surface area contributed by atoms with Crippen LogP contribution in [-0.4, -0.2) is 42.2 Å². The summed E-state index contributed by atoms with van der Waals surface area (Å²) in [5.74, 6) is -1.18. The molecule has 2 aromatic rings. The molecular weight excluding hydrogens is 392 g/mol. The summed E-state index contributed by atoms with van der Waals surface area (Å²) in [6.45, 7) is 4.39. The summed E-state index contributed by atoms with van der Waals surface area (Å²) in [6.07, 6.45) is -4.89. The number of aromatic nitrogens is 2. The highest BCUT2D eigenvalue weighted by Gasteiger charge is 2.44. The molecule has 0 N–H and O–H groups in total. The van der Waals surface area contributed by atoms with E-state index in [4.69, 9.17) is 4.74 Å². The molecular formula is C19H22F4N4O2. The van der Waals surface area contributed by atoms with E-state index in [-0.39, 0.29) is 22.8 Å². The fraction of sp³-hybridized carbons (Fsp3) is 0.474. The van der Waals surface area contributed by atoms with E-state index < -0.39 is 29.7 Å². The highest BCUT2D eigenvalue weighted by atomic mass is 19.4. The number of hydrogen-bond donors (Lipinski definition) is 0. The van der Waals surface area contributed by atoms with Crippen LogP contribution in [0.5, 0.6) is 0 Å². The number of rotatable bonds is 5. The zero-order valence-corrected chi connectivity index (χ0v) is 16.1. The van der Waals surface area contributed by atoms with Crippen molar-refractivity contribution in [2.24, 2.45) is 0 Å². The minimum atomic E-state index is -4.89. The maximum absolute atomic E-state index is 14.2. The van der Waals surface area contributed by atoms with Crippen LogP contribution in [-0.2, 0) is 11.3 Å². The summed E-state index contributed by atoms with van der Waals surface area (Å²) in [5, 5.41) is 0. The smallest absolute Gasteiger partial charge is 0.378 e. The van der Waals surface area contributed by atoms with Gasteiger partial charge in [0.2, 0.25) is 5.95 Å². The van der Waals surface area contributed by atoms with Crippen molar-refractivity contribution in [2.75, 3.05) is 36.1 Å². The number of benzene rings is 1. The summed E-state index contributed by atoms with van der Waals surface area (Å²) >= 11 is 0. The average Bonchev–Trinajstić information content (AvgIpc) is 2.67. The summed E-state index contributed by atoms with van der Waals surface area (Å²) < 4.78 is 62.8. The molecule has 6 nitrogen and oxygen atoms in total. The molecule has 158 valence electrons. The van der Waals surface area contributed by atoms with E-state index in [1.54, 1.807) is 11.8 Å². The van der Waals surface area contributed by atoms with Crippen LogP contribution in [0.25, 0.3) is 0 Å². The Morgan fingerprint density at radius 1 is 1.24 bits per heavy atom. The minimum Gasteiger partial charge on any atom is -0.378 e. The van der Waals surface area contributed by atoms with Gasteiger partial charge in [-0.15, -0.1) is 13.2 Å². The van der Waals surface area contributed by atoms with Crippen LogP contribution >= 0.6 is 0 Å². The molecule has 0 spiro atoms. The zero-order chi connectivity index (χ0) is 21.2. The van der Waals surface area contributed by atoms with E-state index in [0.29, 0.717) is 26.3 Å². The lowest BCUT2D eigenvalue weighted by Crippen LogP contribution is -2.45. The van der Waals surface area contributed by atoms with Gasteiger partial charge in [-0.2, -0.15) is 4.98 Å². The topological polar surface area (TPSA) is 50.6 Å². The second kappa shape index (κ2) is 8.40. The number of hydrogen-bond acceptors (Lipinski definition) is 5. The van der Waals surface area contributed by atoms with Crippen molar-refractivity contribution in [1.82, 2.24) is 9.55 Å². The van der Waals surface area contributed by atoms with Gasteiger partial charge in [-0.25, -0.2) is 9.29 Å². The third-order valence-corrected chi connectivity index (χ3v) is 4.86. The molecule has 1 unspecified atom stereocenters. The largest absolute Gasteiger partial charge is 0.487 e. The van der Waals surface area contributed by atoms with Gasteiger partial charge >= 0.3 is 6.30 Å². The number of nitrogens with zero attached hydrogens (tertiary/aromatic N) is 4. The van der Waals surface area contributed by atoms with Gasteiger partial charge in [-0.05, 0) is 19.9 Å². The molecule has 1 fully saturated rings. The molecule has 1 saturated heterocycles. The van der Waals surface area contributed by atoms with Gasteiger partial charge in [0.05, 0.1) is 19.3 Å². The molecule has 0 saturated carbocycles. The standard InChI is InChI=1S/C19H22F4N4O2/c1-3-26-17(28)12-16(25-8-10-29-11-9-25)24-18(26)27(19(21,22)23)13(2)14-6-4-5-7-15(14)20/h4-7,12-13H,3,8-11H2,1-2H3. The highest BCUT2D eigenvalue weighted by molar-refractivity contribution is 5.47. The number of anilines is 2. The predicted molar refractivity (Wildman–Crippen MR) is 101 cm³/mol. The quantitative estimate of drug-likeness (QED) is 0.555. The minimum absolute atomic E-state index is 0.0128. The van der Waals surface area contributed by atoms with Gasteiger partial charge in [-0.1, -0.05) is 18.2 Å². The molecule has 1 aromatic heterocycles. The van der Waals surface area contributed by atoms with Gasteiger partial charge in [0.25, 0.3) is 5.56 Å². The molecule has 10 heteroatoms. The molecule has 0 radical (unpaired) electrons. The molecule has 2 heterocycles. The van der Waals surface area contributed by atoms with Crippen LogP contribution in [0, 0.1) is 5.82 Å². The van der Waals surface area contributed by atoms with Gasteiger partial charge in [0, 0.05) is 31.3 Å². The third-order valence-electron chi connectivity index (χ3n) is 4.86. The fourth-order valence-electron chi connectivity index (χ4n) is 3.38. The van der Waals surface area contributed by atoms with Crippen molar-refractivity contribution in [3.8, 4) is 0 Å². The molecule has 3 rings (SSSR count). The van der Waals surface area contributed by atoms with Crippen molar-refractivity contribution in [1.29, 1.82) is 0 Å². The second-order valence-electron chi connectivity index (χ2n) is 6.63. The van der Waals surface area contributed by atoms with E-state index in [2.05, 4.69) is 4.98 Å². The van der Waals surface area contributed by atoms with E-state index in [9.17, 15) is 22.4 Å². The number of ether oxygens (including phenoxy) is 1. The van der Waals surface area contributed by atoms with Crippen molar-refractivity contribution in [3.63, 3.8) is 0 Å². The van der Waals surface area contributed by atoms with Crippen molar-refractivity contribution in [2.45, 2.75) is 32.7 Å². The highest BCUT2D eigenvalue weighted by Crippen LogP contribution is 2.37. The molecule has 29 heavy (non-hydrogen) atoms. The third kappa shape index (κ3) is 4.36. The molecule has 0 amide bonds. The summed E-state index contributed by atoms with van der Waals surface area (Å²) in [5.41, 5.74) is -0.743. The maximum atomic E-state index is 14.2. The Kier molecular flexibility index (Phi) is 6.11. The first-order valence-corrected chi connectivity index (χ1v) is 9.29. The number of alkyl halides is 3. The van der Waals surface area contributed by atoms with Crippen LogP contribution < -0.4 is 15.4 Å². The Labute approximate surface area is 165 Å². The molecule has 0 aliphatic carbocycles. The van der Waals surface area contributed by atoms with Crippen LogP contribution in [0.3, 0.4) is 0 Å². The lowest BCUT2D eigenvalue weighted by Gasteiger charge is -2.35. The summed E-state index contributed by atoms with van der Waals surface area (Å²) in [4.78, 5) is 18.5. The summed E-state index contributed by atoms with van der Waals surface area (Å²) in [7, 11) is 0. The monoisotopic (exact) mass is 414 g/mol. The van der Waals surface area contributed by atoms with E-state index in [0.717, 1.165) is 10.6 Å². The van der Waals surface area contributed by atoms with Gasteiger partial charge in [-0.3, -0.25) is 9.36 Å². The van der Waals surface area contributed by atoms with Crippen LogP contribution in [0.15, 0.2) is 35.1 Å². The molecule has 1 aromatic carbocycles. The number of halogens is 4. The molecule has 1 aliphatic heterocycles. The SMILES string of the molecule is CCn1c(N(C(C)c2ccccc2F)C(F)(F)F)nc(N2CCOCC2)cc1=O. The molecule has 1 atom stereocenters. The Hall–Kier alpha value is -2.62. The van der Waals surface area contributed by atoms with Crippen LogP contribution in [0.4, 0.5) is 29.3 Å². The number of morpholine rings is 1. The molecule has 1 aliphatic rings. The lowest BCUT2D eigenvalue weighted by atomic mass is 10.1. The van der Waals surface area contributed by atoms with Crippen LogP contribution in [0.2, 0.25) is 0 Å². The fourth-order valence-corrected chi connectivity index (χ4v) is 3.38. The van der Waals surface area contributed by atoms with Gasteiger partial charge in [0.1, 0.15) is 11.6 Å². The first-order chi connectivity index (χ1) is 13.7. The predicted octanol–water partition coefficient (Wildman–Crippen LogP) is 3.33. The Morgan fingerprint density at radius 2 is 1.90 bits per heavy atom. The maximum Gasteiger partial charge on any atom is 0.487 e. The van der Waals surface area contributed by atoms with Gasteiger partial charge < -0.3 is 9.64 Å². The Morgan fingerprint density at radius 3 is 2.48 bits per heavy atom. The van der Waals surface area contributed by atoms with Crippen molar-refractivity contribution >= 4 is 11.8 Å². The average molecular weight is 414 g/mol. The first-order valence-electron chi connectivity index (χ1n) is 9.29. The van der Waals surface area contributed by atoms with E-state index >= 15 is 0 Å². The van der Waals surface area contributed by atoms with Gasteiger partial charge in [0.15, 0.2) is 0 Å². The van der Waals surface area contributed by atoms with E-state index in [1.165, 1.54) is 31.2 Å². The normalized spacial score (nSPS) is 16.0. The van der Waals surface area contributed by atoms with Crippen molar-refractivity contribution in [3.05, 3.63) is 52.1 Å². The molecule has 0 bridgehead atoms. The zero-order valence-electron chi connectivity index (χ0n) is 16.1. The Bertz CT molecular complexity index is 910. The van der Waals surface area contributed by atoms with E-state index in [1.807, 2.05) is 0 Å². The second-order valence-corrected chi connectivity index (χ2v) is 6.63. The van der Waals surface area contributed by atoms with Crippen molar-refractivity contribution < 1.29 is 22.3 Å². The Balaban J connectivity index is 2.15. The summed E-state index contributed by atoms with van der Waals surface area (Å²) in [6, 6.07) is 5.06. The first kappa shape index (κ1) is 21.1. The van der Waals surface area contributed by atoms with Crippen LogP contribution in [0.1, 0.15) is 25.5 Å². The lowest BCUT2D eigenvalue weighted by molar-refractivity contribution is -0.136.